The van der Waals surface area contributed by atoms with Crippen molar-refractivity contribution in [2.24, 2.45) is 5.73 Å². The van der Waals surface area contributed by atoms with Crippen LogP contribution >= 0.6 is 0 Å². The van der Waals surface area contributed by atoms with Crippen molar-refractivity contribution in [3.63, 3.8) is 0 Å². The highest BCUT2D eigenvalue weighted by Gasteiger charge is 2.25. The predicted octanol–water partition coefficient (Wildman–Crippen LogP) is 0.815. The van der Waals surface area contributed by atoms with Crippen LogP contribution in [0.15, 0.2) is 16.5 Å². The molecule has 0 aromatic carbocycles. The van der Waals surface area contributed by atoms with Gasteiger partial charge in [-0.2, -0.15) is 0 Å². The van der Waals surface area contributed by atoms with Gasteiger partial charge in [0.1, 0.15) is 11.5 Å². The third-order valence-corrected chi connectivity index (χ3v) is 3.58. The molecule has 1 saturated heterocycles. The summed E-state index contributed by atoms with van der Waals surface area (Å²) in [7, 11) is 0. The van der Waals surface area contributed by atoms with Crippen LogP contribution < -0.4 is 11.1 Å². The van der Waals surface area contributed by atoms with E-state index in [9.17, 15) is 4.79 Å². The van der Waals surface area contributed by atoms with Gasteiger partial charge in [0.2, 0.25) is 5.91 Å². The maximum absolute atomic E-state index is 11.8. The zero-order valence-electron chi connectivity index (χ0n) is 12.8. The van der Waals surface area contributed by atoms with Gasteiger partial charge in [0.15, 0.2) is 0 Å². The molecule has 2 atom stereocenters. The second-order valence-corrected chi connectivity index (χ2v) is 5.60. The van der Waals surface area contributed by atoms with Crippen LogP contribution in [0.4, 0.5) is 0 Å². The summed E-state index contributed by atoms with van der Waals surface area (Å²) in [6.45, 7) is 7.39. The second kappa shape index (κ2) is 7.59. The van der Waals surface area contributed by atoms with Crippen molar-refractivity contribution < 1.29 is 13.9 Å². The van der Waals surface area contributed by atoms with E-state index in [-0.39, 0.29) is 18.0 Å². The molecule has 0 bridgehead atoms. The van der Waals surface area contributed by atoms with Gasteiger partial charge in [-0.05, 0) is 26.0 Å². The first-order chi connectivity index (χ1) is 10.1. The third kappa shape index (κ3) is 4.84. The molecule has 0 saturated carbocycles. The van der Waals surface area contributed by atoms with Gasteiger partial charge in [0.05, 0.1) is 19.3 Å². The lowest BCUT2D eigenvalue weighted by molar-refractivity contribution is -0.121. The van der Waals surface area contributed by atoms with Gasteiger partial charge >= 0.3 is 0 Å². The minimum absolute atomic E-state index is 0.0217. The molecule has 0 radical (unpaired) electrons. The molecule has 2 heterocycles. The summed E-state index contributed by atoms with van der Waals surface area (Å²) in [5, 5.41) is 2.96. The Labute approximate surface area is 125 Å². The molecule has 6 heteroatoms. The standard InChI is InChI=1S/C15H25N3O3/c1-11(16)9-15(19)17-10-13(14-4-3-12(2)21-14)18-5-7-20-8-6-18/h3-4,11,13H,5-10,16H2,1-2H3,(H,17,19). The molecule has 1 fully saturated rings. The summed E-state index contributed by atoms with van der Waals surface area (Å²) < 4.78 is 11.1. The molecule has 21 heavy (non-hydrogen) atoms. The van der Waals surface area contributed by atoms with Crippen LogP contribution in [0.1, 0.15) is 30.9 Å². The van der Waals surface area contributed by atoms with Crippen LogP contribution in [0.5, 0.6) is 0 Å². The van der Waals surface area contributed by atoms with Crippen LogP contribution in [0, 0.1) is 6.92 Å². The number of furan rings is 1. The lowest BCUT2D eigenvalue weighted by Crippen LogP contribution is -2.44. The molecular weight excluding hydrogens is 270 g/mol. The molecule has 6 nitrogen and oxygen atoms in total. The van der Waals surface area contributed by atoms with E-state index >= 15 is 0 Å². The Kier molecular flexibility index (Phi) is 5.78. The van der Waals surface area contributed by atoms with Crippen molar-refractivity contribution in [2.45, 2.75) is 32.4 Å². The van der Waals surface area contributed by atoms with Crippen LogP contribution in [-0.2, 0) is 9.53 Å². The van der Waals surface area contributed by atoms with E-state index in [1.165, 1.54) is 0 Å². The highest BCUT2D eigenvalue weighted by Crippen LogP contribution is 2.23. The number of hydrogen-bond donors (Lipinski definition) is 2. The molecule has 1 aromatic rings. The van der Waals surface area contributed by atoms with E-state index in [4.69, 9.17) is 14.9 Å². The van der Waals surface area contributed by atoms with Gasteiger partial charge < -0.3 is 20.2 Å². The SMILES string of the molecule is Cc1ccc(C(CNC(=O)CC(C)N)N2CCOCC2)o1. The van der Waals surface area contributed by atoms with Crippen LogP contribution in [0.2, 0.25) is 0 Å². The summed E-state index contributed by atoms with van der Waals surface area (Å²) in [4.78, 5) is 14.1. The van der Waals surface area contributed by atoms with E-state index < -0.39 is 0 Å². The fraction of sp³-hybridized carbons (Fsp3) is 0.667. The maximum Gasteiger partial charge on any atom is 0.221 e. The summed E-state index contributed by atoms with van der Waals surface area (Å²) in [6, 6.07) is 3.84. The highest BCUT2D eigenvalue weighted by atomic mass is 16.5. The molecule has 1 aliphatic rings. The van der Waals surface area contributed by atoms with Gasteiger partial charge in [0.25, 0.3) is 0 Å². The first-order valence-electron chi connectivity index (χ1n) is 7.46. The smallest absolute Gasteiger partial charge is 0.221 e. The highest BCUT2D eigenvalue weighted by molar-refractivity contribution is 5.76. The van der Waals surface area contributed by atoms with E-state index in [1.807, 2.05) is 26.0 Å². The summed E-state index contributed by atoms with van der Waals surface area (Å²) in [5.74, 6) is 1.74. The minimum atomic E-state index is -0.127. The number of morpholine rings is 1. The van der Waals surface area contributed by atoms with Gasteiger partial charge in [0, 0.05) is 32.1 Å². The molecule has 118 valence electrons. The molecule has 1 aromatic heterocycles. The van der Waals surface area contributed by atoms with Gasteiger partial charge in [-0.3, -0.25) is 9.69 Å². The predicted molar refractivity (Wildman–Crippen MR) is 79.9 cm³/mol. The van der Waals surface area contributed by atoms with Gasteiger partial charge in [-0.15, -0.1) is 0 Å². The Bertz CT molecular complexity index is 453. The van der Waals surface area contributed by atoms with Crippen molar-refractivity contribution in [3.8, 4) is 0 Å². The number of rotatable bonds is 6. The van der Waals surface area contributed by atoms with Crippen molar-refractivity contribution >= 4 is 5.91 Å². The Morgan fingerprint density at radius 1 is 1.43 bits per heavy atom. The van der Waals surface area contributed by atoms with Gasteiger partial charge in [-0.25, -0.2) is 0 Å². The number of nitrogens with one attached hydrogen (secondary N) is 1. The molecule has 0 aliphatic carbocycles. The monoisotopic (exact) mass is 295 g/mol. The number of carbonyl (C=O) groups is 1. The Morgan fingerprint density at radius 2 is 2.14 bits per heavy atom. The lowest BCUT2D eigenvalue weighted by Gasteiger charge is -2.33. The molecule has 1 aliphatic heterocycles. The van der Waals surface area contributed by atoms with Crippen LogP contribution in [0.3, 0.4) is 0 Å². The fourth-order valence-corrected chi connectivity index (χ4v) is 2.51. The number of hydrogen-bond acceptors (Lipinski definition) is 5. The van der Waals surface area contributed by atoms with Crippen molar-refractivity contribution in [3.05, 3.63) is 23.7 Å². The van der Waals surface area contributed by atoms with Crippen molar-refractivity contribution in [1.29, 1.82) is 0 Å². The fourth-order valence-electron chi connectivity index (χ4n) is 2.51. The largest absolute Gasteiger partial charge is 0.465 e. The number of nitrogens with two attached hydrogens (primary N) is 1. The van der Waals surface area contributed by atoms with E-state index in [0.29, 0.717) is 26.2 Å². The quantitative estimate of drug-likeness (QED) is 0.812. The summed E-state index contributed by atoms with van der Waals surface area (Å²) >= 11 is 0. The van der Waals surface area contributed by atoms with E-state index in [2.05, 4.69) is 10.2 Å². The Balaban J connectivity index is 1.99. The third-order valence-electron chi connectivity index (χ3n) is 3.58. The maximum atomic E-state index is 11.8. The first-order valence-corrected chi connectivity index (χ1v) is 7.46. The Morgan fingerprint density at radius 3 is 2.71 bits per heavy atom. The van der Waals surface area contributed by atoms with E-state index in [1.54, 1.807) is 0 Å². The van der Waals surface area contributed by atoms with E-state index in [0.717, 1.165) is 24.6 Å². The average molecular weight is 295 g/mol. The summed E-state index contributed by atoms with van der Waals surface area (Å²) in [6.07, 6.45) is 0.340. The molecule has 0 spiro atoms. The molecule has 1 amide bonds. The zero-order chi connectivity index (χ0) is 15.2. The molecule has 2 rings (SSSR count). The number of amides is 1. The second-order valence-electron chi connectivity index (χ2n) is 5.60. The molecular formula is C15H25N3O3. The number of ether oxygens (including phenoxy) is 1. The van der Waals surface area contributed by atoms with Crippen molar-refractivity contribution in [1.82, 2.24) is 10.2 Å². The molecule has 2 unspecified atom stereocenters. The van der Waals surface area contributed by atoms with Crippen LogP contribution in [-0.4, -0.2) is 49.7 Å². The number of aryl methyl sites for hydroxylation is 1. The topological polar surface area (TPSA) is 80.7 Å². The first kappa shape index (κ1) is 16.0. The van der Waals surface area contributed by atoms with Gasteiger partial charge in [-0.1, -0.05) is 0 Å². The number of carbonyl (C=O) groups excluding carboxylic acids is 1. The Hall–Kier alpha value is -1.37. The molecule has 3 N–H and O–H groups in total. The van der Waals surface area contributed by atoms with Crippen molar-refractivity contribution in [2.75, 3.05) is 32.8 Å². The average Bonchev–Trinajstić information content (AvgIpc) is 2.86. The minimum Gasteiger partial charge on any atom is -0.465 e. The summed E-state index contributed by atoms with van der Waals surface area (Å²) in [5.41, 5.74) is 5.65. The zero-order valence-corrected chi connectivity index (χ0v) is 12.8. The van der Waals surface area contributed by atoms with Crippen LogP contribution in [0.25, 0.3) is 0 Å². The lowest BCUT2D eigenvalue weighted by atomic mass is 10.1. The normalized spacial score (nSPS) is 19.2. The number of nitrogens with zero attached hydrogens (tertiary/aromatic N) is 1.